The fourth-order valence-electron chi connectivity index (χ4n) is 5.18. The highest BCUT2D eigenvalue weighted by molar-refractivity contribution is 6.16. The third-order valence-electron chi connectivity index (χ3n) is 7.19. The van der Waals surface area contributed by atoms with Crippen molar-refractivity contribution in [2.75, 3.05) is 10.6 Å². The van der Waals surface area contributed by atoms with Gasteiger partial charge < -0.3 is 16.4 Å². The van der Waals surface area contributed by atoms with Crippen molar-refractivity contribution in [3.8, 4) is 0 Å². The van der Waals surface area contributed by atoms with Crippen molar-refractivity contribution in [2.45, 2.75) is 50.2 Å². The molecule has 33 heavy (non-hydrogen) atoms. The third-order valence-corrected chi connectivity index (χ3v) is 7.19. The summed E-state index contributed by atoms with van der Waals surface area (Å²) in [4.78, 5) is 25.6. The Bertz CT molecular complexity index is 1070. The van der Waals surface area contributed by atoms with Crippen molar-refractivity contribution in [2.24, 2.45) is 17.1 Å². The van der Waals surface area contributed by atoms with E-state index in [2.05, 4.69) is 21.5 Å². The van der Waals surface area contributed by atoms with E-state index in [1.165, 1.54) is 30.3 Å². The number of rotatable bonds is 5. The van der Waals surface area contributed by atoms with Crippen molar-refractivity contribution in [1.82, 2.24) is 10.9 Å². The molecular weight excluding hydrogens is 428 g/mol. The number of amides is 2. The van der Waals surface area contributed by atoms with Crippen molar-refractivity contribution in [1.29, 1.82) is 0 Å². The molecule has 0 spiro atoms. The first-order chi connectivity index (χ1) is 15.9. The number of nitrogens with two attached hydrogens (primary N) is 1. The van der Waals surface area contributed by atoms with Crippen LogP contribution in [-0.2, 0) is 9.59 Å². The van der Waals surface area contributed by atoms with E-state index in [4.69, 9.17) is 5.73 Å². The minimum absolute atomic E-state index is 0.0118. The standard InChI is InChI=1S/C24H27F2N5O2/c25-13-4-6-14(7-5-13)28-22(32)24(10-11-24)23(33)29-15-8-9-16(18(26)12-15)17-2-1-3-19-20(17)21(27)31-30-19/h4-9,12,17,19-21,30-31H,1-3,10-11,27H2,(H,28,32)(H,29,33). The first-order valence-electron chi connectivity index (χ1n) is 11.3. The molecule has 1 saturated heterocycles. The first-order valence-corrected chi connectivity index (χ1v) is 11.3. The van der Waals surface area contributed by atoms with Gasteiger partial charge in [-0.1, -0.05) is 12.5 Å². The molecule has 2 saturated carbocycles. The number of hydrogen-bond acceptors (Lipinski definition) is 5. The number of fused-ring (bicyclic) bond motifs is 1. The summed E-state index contributed by atoms with van der Waals surface area (Å²) in [5.41, 5.74) is 12.6. The molecule has 3 aliphatic rings. The molecule has 4 unspecified atom stereocenters. The van der Waals surface area contributed by atoms with Crippen LogP contribution in [0.1, 0.15) is 43.6 Å². The van der Waals surface area contributed by atoms with Crippen molar-refractivity contribution in [3.63, 3.8) is 0 Å². The zero-order valence-electron chi connectivity index (χ0n) is 18.0. The minimum atomic E-state index is -1.20. The molecule has 3 fully saturated rings. The normalized spacial score (nSPS) is 27.5. The van der Waals surface area contributed by atoms with Gasteiger partial charge in [-0.3, -0.25) is 15.0 Å². The summed E-state index contributed by atoms with van der Waals surface area (Å²) in [6.07, 6.45) is 3.39. The topological polar surface area (TPSA) is 108 Å². The van der Waals surface area contributed by atoms with Crippen LogP contribution >= 0.6 is 0 Å². The molecule has 0 bridgehead atoms. The number of halogens is 2. The molecule has 9 heteroatoms. The van der Waals surface area contributed by atoms with E-state index in [0.29, 0.717) is 29.8 Å². The number of benzene rings is 2. The van der Waals surface area contributed by atoms with E-state index >= 15 is 4.39 Å². The average molecular weight is 456 g/mol. The van der Waals surface area contributed by atoms with E-state index in [1.807, 2.05) is 0 Å². The van der Waals surface area contributed by atoms with Gasteiger partial charge in [0, 0.05) is 23.3 Å². The summed E-state index contributed by atoms with van der Waals surface area (Å²) < 4.78 is 28.2. The molecule has 6 N–H and O–H groups in total. The quantitative estimate of drug-likeness (QED) is 0.446. The lowest BCUT2D eigenvalue weighted by Gasteiger charge is -2.35. The number of carbonyl (C=O) groups is 2. The zero-order chi connectivity index (χ0) is 23.2. The highest BCUT2D eigenvalue weighted by Gasteiger charge is 2.56. The van der Waals surface area contributed by atoms with E-state index in [-0.39, 0.29) is 24.0 Å². The fraction of sp³-hybridized carbons (Fsp3) is 0.417. The molecule has 2 aliphatic carbocycles. The minimum Gasteiger partial charge on any atom is -0.325 e. The molecule has 1 heterocycles. The lowest BCUT2D eigenvalue weighted by Crippen LogP contribution is -2.41. The Morgan fingerprint density at radius 3 is 2.27 bits per heavy atom. The van der Waals surface area contributed by atoms with Gasteiger partial charge in [0.25, 0.3) is 0 Å². The van der Waals surface area contributed by atoms with E-state index < -0.39 is 28.9 Å². The summed E-state index contributed by atoms with van der Waals surface area (Å²) >= 11 is 0. The van der Waals surface area contributed by atoms with Crippen LogP contribution in [0.3, 0.4) is 0 Å². The second-order valence-corrected chi connectivity index (χ2v) is 9.27. The van der Waals surface area contributed by atoms with Crippen LogP contribution in [0.4, 0.5) is 20.2 Å². The summed E-state index contributed by atoms with van der Waals surface area (Å²) in [5, 5.41) is 5.36. The Labute approximate surface area is 190 Å². The van der Waals surface area contributed by atoms with Crippen LogP contribution in [0.25, 0.3) is 0 Å². The number of carbonyl (C=O) groups excluding carboxylic acids is 2. The van der Waals surface area contributed by atoms with Gasteiger partial charge in [-0.05, 0) is 73.6 Å². The predicted molar refractivity (Wildman–Crippen MR) is 120 cm³/mol. The number of nitrogens with one attached hydrogen (secondary N) is 4. The molecule has 2 aromatic rings. The second-order valence-electron chi connectivity index (χ2n) is 9.27. The average Bonchev–Trinajstić information content (AvgIpc) is 3.53. The number of anilines is 2. The molecule has 5 rings (SSSR count). The van der Waals surface area contributed by atoms with Crippen molar-refractivity contribution >= 4 is 23.2 Å². The van der Waals surface area contributed by atoms with Gasteiger partial charge in [0.2, 0.25) is 11.8 Å². The SMILES string of the molecule is NC1NNC2CCCC(c3ccc(NC(=O)C4(C(=O)Nc5ccc(F)cc5)CC4)cc3F)C12. The summed E-state index contributed by atoms with van der Waals surface area (Å²) in [6, 6.07) is 10.3. The van der Waals surface area contributed by atoms with Crippen LogP contribution in [-0.4, -0.2) is 24.0 Å². The Hall–Kier alpha value is -2.88. The van der Waals surface area contributed by atoms with Gasteiger partial charge in [0.1, 0.15) is 17.0 Å². The molecule has 0 radical (unpaired) electrons. The summed E-state index contributed by atoms with van der Waals surface area (Å²) in [5.74, 6) is -1.65. The molecule has 1 aliphatic heterocycles. The highest BCUT2D eigenvalue weighted by Crippen LogP contribution is 2.48. The molecule has 4 atom stereocenters. The van der Waals surface area contributed by atoms with Crippen molar-refractivity contribution in [3.05, 3.63) is 59.7 Å². The number of hydrazine groups is 1. The molecule has 174 valence electrons. The summed E-state index contributed by atoms with van der Waals surface area (Å²) in [7, 11) is 0. The van der Waals surface area contributed by atoms with Gasteiger partial charge in [0.05, 0.1) is 6.17 Å². The van der Waals surface area contributed by atoms with E-state index in [9.17, 15) is 14.0 Å². The van der Waals surface area contributed by atoms with Crippen LogP contribution in [0.2, 0.25) is 0 Å². The second kappa shape index (κ2) is 8.48. The van der Waals surface area contributed by atoms with Gasteiger partial charge in [-0.2, -0.15) is 0 Å². The van der Waals surface area contributed by atoms with Crippen molar-refractivity contribution < 1.29 is 18.4 Å². The molecular formula is C24H27F2N5O2. The Balaban J connectivity index is 1.28. The monoisotopic (exact) mass is 455 g/mol. The van der Waals surface area contributed by atoms with Crippen LogP contribution in [0.5, 0.6) is 0 Å². The highest BCUT2D eigenvalue weighted by atomic mass is 19.1. The van der Waals surface area contributed by atoms with Gasteiger partial charge >= 0.3 is 0 Å². The maximum Gasteiger partial charge on any atom is 0.240 e. The third kappa shape index (κ3) is 4.12. The van der Waals surface area contributed by atoms with Gasteiger partial charge in [-0.15, -0.1) is 0 Å². The lowest BCUT2D eigenvalue weighted by atomic mass is 9.72. The lowest BCUT2D eigenvalue weighted by molar-refractivity contribution is -0.131. The van der Waals surface area contributed by atoms with Gasteiger partial charge in [0.15, 0.2) is 0 Å². The van der Waals surface area contributed by atoms with Crippen LogP contribution in [0, 0.1) is 23.0 Å². The van der Waals surface area contributed by atoms with E-state index in [1.54, 1.807) is 12.1 Å². The molecule has 7 nitrogen and oxygen atoms in total. The Morgan fingerprint density at radius 1 is 0.939 bits per heavy atom. The molecule has 2 aromatic carbocycles. The zero-order valence-corrected chi connectivity index (χ0v) is 18.0. The van der Waals surface area contributed by atoms with Crippen LogP contribution in [0.15, 0.2) is 42.5 Å². The Kier molecular flexibility index (Phi) is 5.64. The summed E-state index contributed by atoms with van der Waals surface area (Å²) in [6.45, 7) is 0. The van der Waals surface area contributed by atoms with Crippen LogP contribution < -0.4 is 27.2 Å². The molecule has 2 amide bonds. The molecule has 0 aromatic heterocycles. The number of hydrogen-bond donors (Lipinski definition) is 5. The smallest absolute Gasteiger partial charge is 0.240 e. The Morgan fingerprint density at radius 2 is 1.61 bits per heavy atom. The largest absolute Gasteiger partial charge is 0.325 e. The first kappa shape index (κ1) is 21.9. The fourth-order valence-corrected chi connectivity index (χ4v) is 5.18. The van der Waals surface area contributed by atoms with E-state index in [0.717, 1.165) is 19.3 Å². The maximum absolute atomic E-state index is 15.1. The predicted octanol–water partition coefficient (Wildman–Crippen LogP) is 2.97. The maximum atomic E-state index is 15.1. The van der Waals surface area contributed by atoms with Gasteiger partial charge in [-0.25, -0.2) is 14.2 Å².